The minimum atomic E-state index is -0.336. The van der Waals surface area contributed by atoms with E-state index >= 15 is 0 Å². The second kappa shape index (κ2) is 7.72. The molecule has 7 heteroatoms. The molecule has 3 rings (SSSR count). The van der Waals surface area contributed by atoms with E-state index in [2.05, 4.69) is 10.3 Å². The van der Waals surface area contributed by atoms with Crippen molar-refractivity contribution in [1.29, 1.82) is 0 Å². The topological polar surface area (TPSA) is 50.7 Å². The average Bonchev–Trinajstić information content (AvgIpc) is 2.92. The number of carbonyl (C=O) groups is 1. The number of hydrogen-bond acceptors (Lipinski definition) is 4. The van der Waals surface area contributed by atoms with Crippen LogP contribution in [0, 0.1) is 5.82 Å². The molecular formula is C18H14ClFN2O2S. The Morgan fingerprint density at radius 3 is 2.76 bits per heavy atom. The summed E-state index contributed by atoms with van der Waals surface area (Å²) in [5.41, 5.74) is 1.28. The zero-order valence-corrected chi connectivity index (χ0v) is 14.8. The zero-order chi connectivity index (χ0) is 17.8. The first-order valence-corrected chi connectivity index (χ1v) is 8.72. The zero-order valence-electron chi connectivity index (χ0n) is 13.3. The molecule has 0 spiro atoms. The number of carbonyl (C=O) groups excluding carboxylic acids is 1. The summed E-state index contributed by atoms with van der Waals surface area (Å²) in [7, 11) is 0. The van der Waals surface area contributed by atoms with Gasteiger partial charge in [0.25, 0.3) is 5.91 Å². The maximum absolute atomic E-state index is 12.9. The summed E-state index contributed by atoms with van der Waals surface area (Å²) in [6, 6.07) is 11.0. The number of amidine groups is 1. The number of rotatable bonds is 4. The Bertz CT molecular complexity index is 866. The highest BCUT2D eigenvalue weighted by molar-refractivity contribution is 8.18. The summed E-state index contributed by atoms with van der Waals surface area (Å²) in [6.07, 6.45) is 1.71. The maximum atomic E-state index is 12.9. The van der Waals surface area contributed by atoms with E-state index in [9.17, 15) is 9.18 Å². The van der Waals surface area contributed by atoms with Crippen LogP contribution in [0.4, 0.5) is 10.1 Å². The number of nitrogens with zero attached hydrogens (tertiary/aromatic N) is 1. The van der Waals surface area contributed by atoms with Gasteiger partial charge in [0.1, 0.15) is 11.6 Å². The van der Waals surface area contributed by atoms with Gasteiger partial charge in [-0.05, 0) is 67.2 Å². The number of benzene rings is 2. The van der Waals surface area contributed by atoms with Gasteiger partial charge in [0.2, 0.25) is 0 Å². The van der Waals surface area contributed by atoms with Crippen molar-refractivity contribution in [2.45, 2.75) is 6.92 Å². The standard InChI is InChI=1S/C18H14ClFN2O2S/c1-2-24-15-8-3-12(19)9-11(15)10-16-17(23)22-18(25-16)21-14-6-4-13(20)5-7-14/h3-10H,2H2,1H3,(H,21,22,23)/b16-10-. The van der Waals surface area contributed by atoms with Crippen LogP contribution in [0.5, 0.6) is 5.75 Å². The first-order valence-electron chi connectivity index (χ1n) is 7.52. The monoisotopic (exact) mass is 376 g/mol. The van der Waals surface area contributed by atoms with Gasteiger partial charge in [-0.2, -0.15) is 0 Å². The van der Waals surface area contributed by atoms with Crippen LogP contribution in [0.1, 0.15) is 12.5 Å². The van der Waals surface area contributed by atoms with E-state index in [1.165, 1.54) is 23.9 Å². The number of aliphatic imine (C=N–C) groups is 1. The highest BCUT2D eigenvalue weighted by Crippen LogP contribution is 2.32. The van der Waals surface area contributed by atoms with Crippen molar-refractivity contribution in [3.63, 3.8) is 0 Å². The largest absolute Gasteiger partial charge is 0.493 e. The number of ether oxygens (including phenoxy) is 1. The molecular weight excluding hydrogens is 363 g/mol. The van der Waals surface area contributed by atoms with Crippen molar-refractivity contribution in [2.75, 3.05) is 6.61 Å². The Morgan fingerprint density at radius 2 is 2.04 bits per heavy atom. The summed E-state index contributed by atoms with van der Waals surface area (Å²) in [5.74, 6) is 0.0575. The smallest absolute Gasteiger partial charge is 0.264 e. The number of halogens is 2. The van der Waals surface area contributed by atoms with Crippen LogP contribution in [-0.4, -0.2) is 17.7 Å². The Kier molecular flexibility index (Phi) is 5.40. The van der Waals surface area contributed by atoms with Gasteiger partial charge in [-0.3, -0.25) is 4.79 Å². The molecule has 0 atom stereocenters. The molecule has 0 aliphatic carbocycles. The molecule has 0 saturated carbocycles. The van der Waals surface area contributed by atoms with Crippen molar-refractivity contribution < 1.29 is 13.9 Å². The second-order valence-electron chi connectivity index (χ2n) is 5.07. The maximum Gasteiger partial charge on any atom is 0.264 e. The normalized spacial score (nSPS) is 17.2. The fraction of sp³-hybridized carbons (Fsp3) is 0.111. The number of hydrogen-bond donors (Lipinski definition) is 1. The fourth-order valence-corrected chi connectivity index (χ4v) is 3.19. The summed E-state index contributed by atoms with van der Waals surface area (Å²) < 4.78 is 18.5. The van der Waals surface area contributed by atoms with Crippen LogP contribution in [0.25, 0.3) is 6.08 Å². The molecule has 1 aliphatic heterocycles. The Morgan fingerprint density at radius 1 is 1.28 bits per heavy atom. The first-order chi connectivity index (χ1) is 12.0. The van der Waals surface area contributed by atoms with Gasteiger partial charge < -0.3 is 10.1 Å². The number of amides is 1. The Labute approximate surface area is 153 Å². The van der Waals surface area contributed by atoms with E-state index in [1.807, 2.05) is 6.92 Å². The summed E-state index contributed by atoms with van der Waals surface area (Å²) in [6.45, 7) is 2.39. The van der Waals surface area contributed by atoms with Crippen molar-refractivity contribution in [1.82, 2.24) is 5.32 Å². The molecule has 1 N–H and O–H groups in total. The fourth-order valence-electron chi connectivity index (χ4n) is 2.17. The van der Waals surface area contributed by atoms with E-state index in [4.69, 9.17) is 16.3 Å². The lowest BCUT2D eigenvalue weighted by Crippen LogP contribution is -2.19. The molecule has 0 aromatic heterocycles. The lowest BCUT2D eigenvalue weighted by atomic mass is 10.2. The van der Waals surface area contributed by atoms with Crippen LogP contribution >= 0.6 is 23.4 Å². The molecule has 1 fully saturated rings. The van der Waals surface area contributed by atoms with E-state index < -0.39 is 0 Å². The molecule has 1 aliphatic rings. The average molecular weight is 377 g/mol. The predicted octanol–water partition coefficient (Wildman–Crippen LogP) is 4.77. The highest BCUT2D eigenvalue weighted by atomic mass is 35.5. The van der Waals surface area contributed by atoms with Gasteiger partial charge in [0.15, 0.2) is 5.17 Å². The molecule has 2 aromatic rings. The molecule has 1 saturated heterocycles. The molecule has 2 aromatic carbocycles. The lowest BCUT2D eigenvalue weighted by molar-refractivity contribution is -0.115. The minimum absolute atomic E-state index is 0.256. The van der Waals surface area contributed by atoms with Crippen molar-refractivity contribution in [2.24, 2.45) is 4.99 Å². The van der Waals surface area contributed by atoms with E-state index in [0.29, 0.717) is 33.1 Å². The summed E-state index contributed by atoms with van der Waals surface area (Å²) in [4.78, 5) is 16.9. The van der Waals surface area contributed by atoms with Crippen LogP contribution < -0.4 is 10.1 Å². The summed E-state index contributed by atoms with van der Waals surface area (Å²) >= 11 is 7.24. The number of thioether (sulfide) groups is 1. The molecule has 0 radical (unpaired) electrons. The third-order valence-corrected chi connectivity index (χ3v) is 4.41. The SMILES string of the molecule is CCOc1ccc(Cl)cc1/C=C1\SC(=Nc2ccc(F)cc2)NC1=O. The molecule has 1 heterocycles. The molecule has 4 nitrogen and oxygen atoms in total. The van der Waals surface area contributed by atoms with Gasteiger partial charge in [-0.15, -0.1) is 0 Å². The van der Waals surface area contributed by atoms with Crippen LogP contribution in [0.2, 0.25) is 5.02 Å². The van der Waals surface area contributed by atoms with Gasteiger partial charge >= 0.3 is 0 Å². The van der Waals surface area contributed by atoms with Gasteiger partial charge in [0.05, 0.1) is 17.2 Å². The molecule has 0 bridgehead atoms. The Balaban J connectivity index is 1.86. The van der Waals surface area contributed by atoms with E-state index in [1.54, 1.807) is 36.4 Å². The van der Waals surface area contributed by atoms with E-state index in [-0.39, 0.29) is 11.7 Å². The predicted molar refractivity (Wildman–Crippen MR) is 99.8 cm³/mol. The third kappa shape index (κ3) is 4.41. The number of nitrogens with one attached hydrogen (secondary N) is 1. The van der Waals surface area contributed by atoms with Gasteiger partial charge in [-0.25, -0.2) is 9.38 Å². The Hall–Kier alpha value is -2.31. The molecule has 1 amide bonds. The second-order valence-corrected chi connectivity index (χ2v) is 6.54. The molecule has 25 heavy (non-hydrogen) atoms. The van der Waals surface area contributed by atoms with Crippen molar-refractivity contribution in [3.05, 3.63) is 63.8 Å². The van der Waals surface area contributed by atoms with Gasteiger partial charge in [-0.1, -0.05) is 11.6 Å². The quantitative estimate of drug-likeness (QED) is 0.782. The van der Waals surface area contributed by atoms with Gasteiger partial charge in [0, 0.05) is 10.6 Å². The lowest BCUT2D eigenvalue weighted by Gasteiger charge is -2.07. The van der Waals surface area contributed by atoms with Crippen molar-refractivity contribution in [3.8, 4) is 5.75 Å². The molecule has 128 valence electrons. The molecule has 0 unspecified atom stereocenters. The van der Waals surface area contributed by atoms with Crippen LogP contribution in [0.15, 0.2) is 52.4 Å². The van der Waals surface area contributed by atoms with Crippen molar-refractivity contribution >= 4 is 46.2 Å². The van der Waals surface area contributed by atoms with Crippen LogP contribution in [-0.2, 0) is 4.79 Å². The van der Waals surface area contributed by atoms with Crippen LogP contribution in [0.3, 0.4) is 0 Å². The first kappa shape index (κ1) is 17.5. The van der Waals surface area contributed by atoms with E-state index in [0.717, 1.165) is 5.56 Å². The third-order valence-electron chi connectivity index (χ3n) is 3.27. The highest BCUT2D eigenvalue weighted by Gasteiger charge is 2.24. The summed E-state index contributed by atoms with van der Waals surface area (Å²) in [5, 5.41) is 3.68. The minimum Gasteiger partial charge on any atom is -0.493 e.